The molecular weight excluding hydrogens is 256 g/mol. The molecule has 0 unspecified atom stereocenters. The van der Waals surface area contributed by atoms with Gasteiger partial charge in [-0.1, -0.05) is 0 Å². The number of hydrogen-bond donors (Lipinski definition) is 2. The zero-order valence-electron chi connectivity index (χ0n) is 12.3. The molecule has 1 aromatic rings. The highest BCUT2D eigenvalue weighted by Gasteiger charge is 2.25. The average molecular weight is 280 g/mol. The quantitative estimate of drug-likeness (QED) is 0.807. The Bertz CT molecular complexity index is 399. The molecule has 6 nitrogen and oxygen atoms in total. The van der Waals surface area contributed by atoms with Gasteiger partial charge in [0.05, 0.1) is 6.61 Å². The van der Waals surface area contributed by atoms with Gasteiger partial charge in [-0.15, -0.1) is 0 Å². The van der Waals surface area contributed by atoms with Crippen LogP contribution in [-0.2, 0) is 16.1 Å². The third kappa shape index (κ3) is 4.31. The summed E-state index contributed by atoms with van der Waals surface area (Å²) in [5.74, 6) is 0.295. The molecule has 6 heteroatoms. The Morgan fingerprint density at radius 1 is 1.60 bits per heavy atom. The van der Waals surface area contributed by atoms with Crippen LogP contribution in [-0.4, -0.2) is 53.9 Å². The van der Waals surface area contributed by atoms with Crippen LogP contribution < -0.4 is 5.32 Å². The second-order valence-corrected chi connectivity index (χ2v) is 5.50. The highest BCUT2D eigenvalue weighted by atomic mass is 16.5. The van der Waals surface area contributed by atoms with Gasteiger partial charge in [0, 0.05) is 37.5 Å². The number of carbonyl (C=O) groups is 1. The number of carbonyl (C=O) groups excluding carboxylic acids is 1. The Morgan fingerprint density at radius 3 is 2.95 bits per heavy atom. The number of nitrogens with zero attached hydrogens (tertiary/aromatic N) is 2. The zero-order chi connectivity index (χ0) is 14.4. The molecule has 0 bridgehead atoms. The Balaban J connectivity index is 1.72. The molecule has 1 amide bonds. The predicted octanol–water partition coefficient (Wildman–Crippen LogP) is 0.773. The topological polar surface area (TPSA) is 70.2 Å². The average Bonchev–Trinajstić information content (AvgIpc) is 2.92. The number of aromatic amines is 1. The van der Waals surface area contributed by atoms with Crippen molar-refractivity contribution < 1.29 is 9.53 Å². The SMILES string of the molecule is COC[C@H](C)NC(=O)C1CCN(Cc2ccn[nH]2)CC1. The fourth-order valence-corrected chi connectivity index (χ4v) is 2.62. The van der Waals surface area contributed by atoms with Gasteiger partial charge >= 0.3 is 0 Å². The summed E-state index contributed by atoms with van der Waals surface area (Å²) in [6.45, 7) is 5.32. The molecular formula is C14H24N4O2. The lowest BCUT2D eigenvalue weighted by Gasteiger charge is -2.31. The summed E-state index contributed by atoms with van der Waals surface area (Å²) < 4.78 is 5.04. The van der Waals surface area contributed by atoms with Crippen LogP contribution in [0.3, 0.4) is 0 Å². The number of nitrogens with one attached hydrogen (secondary N) is 2. The first-order valence-corrected chi connectivity index (χ1v) is 7.19. The van der Waals surface area contributed by atoms with E-state index in [1.54, 1.807) is 13.3 Å². The lowest BCUT2D eigenvalue weighted by molar-refractivity contribution is -0.127. The molecule has 1 saturated heterocycles. The third-order valence-electron chi connectivity index (χ3n) is 3.72. The van der Waals surface area contributed by atoms with Crippen molar-refractivity contribution >= 4 is 5.91 Å². The van der Waals surface area contributed by atoms with E-state index < -0.39 is 0 Å². The van der Waals surface area contributed by atoms with E-state index in [2.05, 4.69) is 20.4 Å². The lowest BCUT2D eigenvalue weighted by Crippen LogP contribution is -2.44. The predicted molar refractivity (Wildman–Crippen MR) is 76.1 cm³/mol. The minimum atomic E-state index is 0.0792. The molecule has 2 heterocycles. The first kappa shape index (κ1) is 15.0. The highest BCUT2D eigenvalue weighted by molar-refractivity contribution is 5.79. The summed E-state index contributed by atoms with van der Waals surface area (Å²) in [7, 11) is 1.65. The Kier molecular flexibility index (Phi) is 5.55. The van der Waals surface area contributed by atoms with Crippen molar-refractivity contribution in [3.05, 3.63) is 18.0 Å². The van der Waals surface area contributed by atoms with Crippen LogP contribution in [0.2, 0.25) is 0 Å². The Labute approximate surface area is 119 Å². The molecule has 1 aromatic heterocycles. The number of hydrogen-bond acceptors (Lipinski definition) is 4. The zero-order valence-corrected chi connectivity index (χ0v) is 12.3. The van der Waals surface area contributed by atoms with Crippen molar-refractivity contribution in [3.8, 4) is 0 Å². The van der Waals surface area contributed by atoms with Crippen LogP contribution in [0.15, 0.2) is 12.3 Å². The van der Waals surface area contributed by atoms with E-state index in [0.29, 0.717) is 6.61 Å². The summed E-state index contributed by atoms with van der Waals surface area (Å²) in [5.41, 5.74) is 1.13. The van der Waals surface area contributed by atoms with Gasteiger partial charge in [0.1, 0.15) is 0 Å². The second-order valence-electron chi connectivity index (χ2n) is 5.50. The first-order chi connectivity index (χ1) is 9.69. The maximum Gasteiger partial charge on any atom is 0.223 e. The highest BCUT2D eigenvalue weighted by Crippen LogP contribution is 2.18. The van der Waals surface area contributed by atoms with Crippen molar-refractivity contribution in [2.75, 3.05) is 26.8 Å². The van der Waals surface area contributed by atoms with E-state index in [0.717, 1.165) is 38.2 Å². The third-order valence-corrected chi connectivity index (χ3v) is 3.72. The van der Waals surface area contributed by atoms with Gasteiger partial charge < -0.3 is 10.1 Å². The number of ether oxygens (including phenoxy) is 1. The van der Waals surface area contributed by atoms with Gasteiger partial charge in [0.15, 0.2) is 0 Å². The number of rotatable bonds is 6. The second kappa shape index (κ2) is 7.40. The number of H-pyrrole nitrogens is 1. The van der Waals surface area contributed by atoms with Gasteiger partial charge in [-0.05, 0) is 38.9 Å². The van der Waals surface area contributed by atoms with Crippen LogP contribution in [0.5, 0.6) is 0 Å². The summed E-state index contributed by atoms with van der Waals surface area (Å²) in [5, 5.41) is 9.94. The van der Waals surface area contributed by atoms with Crippen LogP contribution in [0.4, 0.5) is 0 Å². The molecule has 0 aliphatic carbocycles. The van der Waals surface area contributed by atoms with Gasteiger partial charge in [-0.3, -0.25) is 14.8 Å². The fraction of sp³-hybridized carbons (Fsp3) is 0.714. The number of methoxy groups -OCH3 is 1. The number of aromatic nitrogens is 2. The molecule has 2 rings (SSSR count). The molecule has 2 N–H and O–H groups in total. The molecule has 1 aliphatic rings. The molecule has 112 valence electrons. The minimum absolute atomic E-state index is 0.0792. The molecule has 0 aromatic carbocycles. The molecule has 1 fully saturated rings. The molecule has 1 aliphatic heterocycles. The van der Waals surface area contributed by atoms with Gasteiger partial charge in [-0.2, -0.15) is 5.10 Å². The number of likely N-dealkylation sites (tertiary alicyclic amines) is 1. The van der Waals surface area contributed by atoms with Crippen molar-refractivity contribution in [3.63, 3.8) is 0 Å². The largest absolute Gasteiger partial charge is 0.383 e. The molecule has 0 spiro atoms. The van der Waals surface area contributed by atoms with Crippen molar-refractivity contribution in [1.29, 1.82) is 0 Å². The van der Waals surface area contributed by atoms with Crippen molar-refractivity contribution in [1.82, 2.24) is 20.4 Å². The maximum atomic E-state index is 12.1. The summed E-state index contributed by atoms with van der Waals surface area (Å²) >= 11 is 0. The van der Waals surface area contributed by atoms with Crippen LogP contribution in [0.25, 0.3) is 0 Å². The monoisotopic (exact) mass is 280 g/mol. The van der Waals surface area contributed by atoms with E-state index in [9.17, 15) is 4.79 Å². The van der Waals surface area contributed by atoms with E-state index in [4.69, 9.17) is 4.74 Å². The number of piperidine rings is 1. The van der Waals surface area contributed by atoms with E-state index in [1.807, 2.05) is 13.0 Å². The van der Waals surface area contributed by atoms with E-state index >= 15 is 0 Å². The molecule has 20 heavy (non-hydrogen) atoms. The van der Waals surface area contributed by atoms with E-state index in [1.165, 1.54) is 0 Å². The Hall–Kier alpha value is -1.40. The summed E-state index contributed by atoms with van der Waals surface area (Å²) in [6.07, 6.45) is 3.60. The van der Waals surface area contributed by atoms with Crippen LogP contribution in [0.1, 0.15) is 25.5 Å². The minimum Gasteiger partial charge on any atom is -0.383 e. The van der Waals surface area contributed by atoms with Crippen LogP contribution in [0, 0.1) is 5.92 Å². The Morgan fingerprint density at radius 2 is 2.35 bits per heavy atom. The first-order valence-electron chi connectivity index (χ1n) is 7.19. The molecule has 1 atom stereocenters. The summed E-state index contributed by atoms with van der Waals surface area (Å²) in [6, 6.07) is 2.07. The van der Waals surface area contributed by atoms with E-state index in [-0.39, 0.29) is 17.9 Å². The number of amides is 1. The smallest absolute Gasteiger partial charge is 0.223 e. The summed E-state index contributed by atoms with van der Waals surface area (Å²) in [4.78, 5) is 14.5. The van der Waals surface area contributed by atoms with Gasteiger partial charge in [-0.25, -0.2) is 0 Å². The fourth-order valence-electron chi connectivity index (χ4n) is 2.62. The van der Waals surface area contributed by atoms with Gasteiger partial charge in [0.25, 0.3) is 0 Å². The standard InChI is InChI=1S/C14H24N4O2/c1-11(10-20-2)16-14(19)12-4-7-18(8-5-12)9-13-3-6-15-17-13/h3,6,11-12H,4-5,7-10H2,1-2H3,(H,15,17)(H,16,19)/t11-/m0/s1. The maximum absolute atomic E-state index is 12.1. The normalized spacial score (nSPS) is 18.9. The molecule has 0 radical (unpaired) electrons. The molecule has 0 saturated carbocycles. The van der Waals surface area contributed by atoms with Crippen LogP contribution >= 0.6 is 0 Å². The van der Waals surface area contributed by atoms with Crippen molar-refractivity contribution in [2.24, 2.45) is 5.92 Å². The lowest BCUT2D eigenvalue weighted by atomic mass is 9.95. The van der Waals surface area contributed by atoms with Crippen molar-refractivity contribution in [2.45, 2.75) is 32.4 Å². The van der Waals surface area contributed by atoms with Gasteiger partial charge in [0.2, 0.25) is 5.91 Å².